The predicted octanol–water partition coefficient (Wildman–Crippen LogP) is 7.40. The maximum atomic E-state index is 12.4. The lowest BCUT2D eigenvalue weighted by atomic mass is 10.1. The van der Waals surface area contributed by atoms with Crippen LogP contribution in [0, 0.1) is 3.57 Å². The Kier molecular flexibility index (Phi) is 7.78. The third-order valence-electron chi connectivity index (χ3n) is 4.61. The molecule has 0 amide bonds. The zero-order valence-corrected chi connectivity index (χ0v) is 23.2. The van der Waals surface area contributed by atoms with Crippen LogP contribution >= 0.6 is 66.1 Å². The van der Waals surface area contributed by atoms with Crippen LogP contribution in [0.2, 0.25) is 5.02 Å². The Morgan fingerprint density at radius 2 is 1.97 bits per heavy atom. The standard InChI is InChI=1S/C24H15Br2ClINO4/c1-31-21-10-14(8-18(27)22(21)32-12-13-3-2-4-16(25)7-13)9-20-24(30)33-23(29-20)15-5-6-19(28)17(26)11-15/h2-11H,12H2,1H3/b20-9-. The summed E-state index contributed by atoms with van der Waals surface area (Å²) >= 11 is 15.6. The van der Waals surface area contributed by atoms with Crippen molar-refractivity contribution in [1.29, 1.82) is 0 Å². The van der Waals surface area contributed by atoms with Gasteiger partial charge < -0.3 is 14.2 Å². The lowest BCUT2D eigenvalue weighted by Crippen LogP contribution is -2.05. The first-order chi connectivity index (χ1) is 15.8. The molecule has 0 N–H and O–H groups in total. The minimum Gasteiger partial charge on any atom is -0.493 e. The number of hydrogen-bond donors (Lipinski definition) is 0. The highest BCUT2D eigenvalue weighted by Crippen LogP contribution is 2.38. The number of benzene rings is 3. The second-order valence-corrected chi connectivity index (χ2v) is 10.3. The Morgan fingerprint density at radius 3 is 2.70 bits per heavy atom. The molecule has 9 heteroatoms. The third kappa shape index (κ3) is 5.79. The van der Waals surface area contributed by atoms with Gasteiger partial charge in [0.2, 0.25) is 5.90 Å². The number of carbonyl (C=O) groups excluding carboxylic acids is 1. The molecule has 1 aliphatic heterocycles. The zero-order valence-electron chi connectivity index (χ0n) is 17.1. The molecule has 0 spiro atoms. The topological polar surface area (TPSA) is 57.1 Å². The fraction of sp³-hybridized carbons (Fsp3) is 0.0833. The van der Waals surface area contributed by atoms with Crippen LogP contribution in [-0.2, 0) is 16.1 Å². The van der Waals surface area contributed by atoms with Crippen LogP contribution in [0.25, 0.3) is 6.08 Å². The average Bonchev–Trinajstić information content (AvgIpc) is 3.14. The first-order valence-electron chi connectivity index (χ1n) is 9.57. The smallest absolute Gasteiger partial charge is 0.363 e. The Hall–Kier alpha value is -1.88. The predicted molar refractivity (Wildman–Crippen MR) is 144 cm³/mol. The van der Waals surface area contributed by atoms with Crippen LogP contribution in [0.1, 0.15) is 16.7 Å². The zero-order chi connectivity index (χ0) is 23.5. The van der Waals surface area contributed by atoms with Crippen LogP contribution < -0.4 is 9.47 Å². The van der Waals surface area contributed by atoms with Crippen molar-refractivity contribution in [2.75, 3.05) is 7.11 Å². The highest BCUT2D eigenvalue weighted by Gasteiger charge is 2.25. The molecule has 0 unspecified atom stereocenters. The van der Waals surface area contributed by atoms with Crippen molar-refractivity contribution in [3.8, 4) is 11.5 Å². The number of rotatable bonds is 6. The van der Waals surface area contributed by atoms with Crippen LogP contribution in [0.4, 0.5) is 0 Å². The molecule has 1 aliphatic rings. The third-order valence-corrected chi connectivity index (χ3v) is 7.73. The van der Waals surface area contributed by atoms with E-state index in [1.54, 1.807) is 18.2 Å². The normalized spacial score (nSPS) is 14.3. The highest BCUT2D eigenvalue weighted by atomic mass is 127. The summed E-state index contributed by atoms with van der Waals surface area (Å²) in [6.07, 6.45) is 1.60. The first-order valence-corrected chi connectivity index (χ1v) is 12.6. The van der Waals surface area contributed by atoms with E-state index in [4.69, 9.17) is 25.8 Å². The van der Waals surface area contributed by atoms with Gasteiger partial charge in [0.25, 0.3) is 0 Å². The number of cyclic esters (lactones) is 1. The lowest BCUT2D eigenvalue weighted by molar-refractivity contribution is -0.129. The molecule has 33 heavy (non-hydrogen) atoms. The van der Waals surface area contributed by atoms with Gasteiger partial charge in [0.15, 0.2) is 17.2 Å². The summed E-state index contributed by atoms with van der Waals surface area (Å²) in [4.78, 5) is 16.8. The summed E-state index contributed by atoms with van der Waals surface area (Å²) in [6.45, 7) is 0.321. The van der Waals surface area contributed by atoms with Crippen molar-refractivity contribution in [3.63, 3.8) is 0 Å². The maximum absolute atomic E-state index is 12.4. The molecule has 0 aromatic heterocycles. The van der Waals surface area contributed by atoms with Crippen LogP contribution in [-0.4, -0.2) is 19.0 Å². The highest BCUT2D eigenvalue weighted by molar-refractivity contribution is 14.1. The minimum absolute atomic E-state index is 0.167. The van der Waals surface area contributed by atoms with E-state index >= 15 is 0 Å². The van der Waals surface area contributed by atoms with E-state index < -0.39 is 5.97 Å². The Labute approximate surface area is 226 Å². The van der Waals surface area contributed by atoms with E-state index in [0.717, 1.165) is 18.1 Å². The number of halogens is 4. The number of nitrogens with zero attached hydrogens (tertiary/aromatic N) is 1. The van der Waals surface area contributed by atoms with E-state index in [1.165, 1.54) is 7.11 Å². The van der Waals surface area contributed by atoms with Gasteiger partial charge in [0, 0.05) is 18.1 Å². The Bertz CT molecular complexity index is 1310. The van der Waals surface area contributed by atoms with E-state index in [-0.39, 0.29) is 11.6 Å². The molecule has 3 aromatic rings. The van der Waals surface area contributed by atoms with Crippen molar-refractivity contribution in [2.45, 2.75) is 6.61 Å². The summed E-state index contributed by atoms with van der Waals surface area (Å²) in [5.41, 5.74) is 2.48. The van der Waals surface area contributed by atoms with E-state index in [9.17, 15) is 4.79 Å². The summed E-state index contributed by atoms with van der Waals surface area (Å²) in [5, 5.41) is 0.355. The molecular formula is C24H15Br2ClINO4. The van der Waals surface area contributed by atoms with Gasteiger partial charge in [0.1, 0.15) is 6.61 Å². The van der Waals surface area contributed by atoms with Gasteiger partial charge in [-0.3, -0.25) is 0 Å². The number of hydrogen-bond acceptors (Lipinski definition) is 5. The van der Waals surface area contributed by atoms with Gasteiger partial charge in [-0.15, -0.1) is 0 Å². The summed E-state index contributed by atoms with van der Waals surface area (Å²) in [7, 11) is 1.53. The van der Waals surface area contributed by atoms with Gasteiger partial charge >= 0.3 is 5.97 Å². The van der Waals surface area contributed by atoms with E-state index in [2.05, 4.69) is 59.4 Å². The van der Waals surface area contributed by atoms with Crippen molar-refractivity contribution in [1.82, 2.24) is 0 Å². The number of aliphatic imine (C=N–C) groups is 1. The second-order valence-electron chi connectivity index (χ2n) is 6.92. The van der Waals surface area contributed by atoms with Crippen molar-refractivity contribution < 1.29 is 19.0 Å². The minimum atomic E-state index is -0.537. The molecule has 4 rings (SSSR count). The van der Waals surface area contributed by atoms with Crippen LogP contribution in [0.15, 0.2) is 74.2 Å². The van der Waals surface area contributed by atoms with Gasteiger partial charge in [-0.05, 0) is 98.2 Å². The van der Waals surface area contributed by atoms with Gasteiger partial charge in [-0.2, -0.15) is 0 Å². The molecule has 0 saturated heterocycles. The maximum Gasteiger partial charge on any atom is 0.363 e. The molecular weight excluding hydrogens is 688 g/mol. The quantitative estimate of drug-likeness (QED) is 0.153. The number of ether oxygens (including phenoxy) is 3. The van der Waals surface area contributed by atoms with Gasteiger partial charge in [-0.1, -0.05) is 39.7 Å². The number of carbonyl (C=O) groups is 1. The van der Waals surface area contributed by atoms with Gasteiger partial charge in [-0.25, -0.2) is 9.79 Å². The first kappa shape index (κ1) is 24.3. The average molecular weight is 704 g/mol. The molecule has 5 nitrogen and oxygen atoms in total. The SMILES string of the molecule is COc1cc(/C=C2\N=C(c3ccc(I)c(Br)c3)OC2=O)cc(Cl)c1OCc1cccc(Br)c1. The fourth-order valence-corrected chi connectivity index (χ4v) is 4.50. The van der Waals surface area contributed by atoms with Crippen molar-refractivity contribution in [2.24, 2.45) is 4.99 Å². The van der Waals surface area contributed by atoms with Gasteiger partial charge in [0.05, 0.1) is 12.1 Å². The Morgan fingerprint density at radius 1 is 1.15 bits per heavy atom. The molecule has 0 atom stereocenters. The lowest BCUT2D eigenvalue weighted by Gasteiger charge is -2.13. The summed E-state index contributed by atoms with van der Waals surface area (Å²) in [6, 6.07) is 16.8. The second kappa shape index (κ2) is 10.6. The van der Waals surface area contributed by atoms with Crippen molar-refractivity contribution >= 4 is 84.0 Å². The molecule has 3 aromatic carbocycles. The summed E-state index contributed by atoms with van der Waals surface area (Å²) < 4.78 is 19.7. The molecule has 0 saturated carbocycles. The largest absolute Gasteiger partial charge is 0.493 e. The van der Waals surface area contributed by atoms with E-state index in [1.807, 2.05) is 42.5 Å². The monoisotopic (exact) mass is 701 g/mol. The molecule has 0 fully saturated rings. The number of methoxy groups -OCH3 is 1. The molecule has 0 bridgehead atoms. The number of esters is 1. The van der Waals surface area contributed by atoms with E-state index in [0.29, 0.717) is 34.3 Å². The Balaban J connectivity index is 1.59. The molecule has 168 valence electrons. The fourth-order valence-electron chi connectivity index (χ4n) is 3.07. The molecule has 0 aliphatic carbocycles. The summed E-state index contributed by atoms with van der Waals surface area (Å²) in [5.74, 6) is 0.574. The molecule has 0 radical (unpaired) electrons. The molecule has 1 heterocycles. The van der Waals surface area contributed by atoms with Crippen LogP contribution in [0.5, 0.6) is 11.5 Å². The van der Waals surface area contributed by atoms with Crippen LogP contribution in [0.3, 0.4) is 0 Å². The van der Waals surface area contributed by atoms with Crippen molar-refractivity contribution in [3.05, 3.63) is 94.5 Å².